The highest BCUT2D eigenvalue weighted by molar-refractivity contribution is 6.42. The number of aromatic nitrogens is 1. The first-order chi connectivity index (χ1) is 11.6. The minimum Gasteiger partial charge on any atom is -0.467 e. The van der Waals surface area contributed by atoms with Gasteiger partial charge in [-0.05, 0) is 42.5 Å². The number of furan rings is 1. The van der Waals surface area contributed by atoms with Crippen LogP contribution in [0.3, 0.4) is 0 Å². The highest BCUT2D eigenvalue weighted by Crippen LogP contribution is 2.23. The lowest BCUT2D eigenvalue weighted by Crippen LogP contribution is -2.12. The maximum atomic E-state index is 12.2. The van der Waals surface area contributed by atoms with Crippen LogP contribution < -0.4 is 10.6 Å². The lowest BCUT2D eigenvalue weighted by Gasteiger charge is -2.07. The van der Waals surface area contributed by atoms with E-state index in [4.69, 9.17) is 27.6 Å². The smallest absolute Gasteiger partial charge is 0.255 e. The normalized spacial score (nSPS) is 10.4. The average Bonchev–Trinajstić information content (AvgIpc) is 3.10. The number of halogens is 2. The summed E-state index contributed by atoms with van der Waals surface area (Å²) in [6, 6.07) is 11.9. The maximum absolute atomic E-state index is 12.2. The van der Waals surface area contributed by atoms with Crippen molar-refractivity contribution < 1.29 is 9.21 Å². The number of anilines is 2. The number of nitrogens with zero attached hydrogens (tertiary/aromatic N) is 1. The number of nitrogens with one attached hydrogen (secondary N) is 2. The molecule has 5 nitrogen and oxygen atoms in total. The number of rotatable bonds is 5. The largest absolute Gasteiger partial charge is 0.467 e. The molecule has 24 heavy (non-hydrogen) atoms. The zero-order chi connectivity index (χ0) is 16.9. The number of carbonyl (C=O) groups excluding carboxylic acids is 1. The molecule has 0 saturated heterocycles. The van der Waals surface area contributed by atoms with E-state index in [9.17, 15) is 4.79 Å². The van der Waals surface area contributed by atoms with Crippen LogP contribution in [-0.2, 0) is 6.54 Å². The Hall–Kier alpha value is -2.50. The van der Waals surface area contributed by atoms with Crippen molar-refractivity contribution in [3.63, 3.8) is 0 Å². The summed E-state index contributed by atoms with van der Waals surface area (Å²) in [6.45, 7) is 0.537. The highest BCUT2D eigenvalue weighted by atomic mass is 35.5. The van der Waals surface area contributed by atoms with Crippen LogP contribution in [0, 0.1) is 0 Å². The predicted octanol–water partition coefficient (Wildman–Crippen LogP) is 4.85. The molecule has 2 aromatic heterocycles. The summed E-state index contributed by atoms with van der Waals surface area (Å²) < 4.78 is 5.23. The molecule has 0 spiro atoms. The van der Waals surface area contributed by atoms with Crippen molar-refractivity contribution in [1.29, 1.82) is 0 Å². The summed E-state index contributed by atoms with van der Waals surface area (Å²) in [7, 11) is 0. The summed E-state index contributed by atoms with van der Waals surface area (Å²) in [5, 5.41) is 6.61. The van der Waals surface area contributed by atoms with Gasteiger partial charge in [0.15, 0.2) is 0 Å². The number of hydrogen-bond acceptors (Lipinski definition) is 4. The number of amides is 1. The molecule has 1 aromatic carbocycles. The zero-order valence-electron chi connectivity index (χ0n) is 12.4. The van der Waals surface area contributed by atoms with Gasteiger partial charge in [-0.2, -0.15) is 0 Å². The number of benzene rings is 1. The monoisotopic (exact) mass is 361 g/mol. The van der Waals surface area contributed by atoms with Crippen molar-refractivity contribution in [2.75, 3.05) is 10.6 Å². The Balaban J connectivity index is 1.60. The molecule has 3 rings (SSSR count). The molecule has 0 aliphatic rings. The van der Waals surface area contributed by atoms with Crippen LogP contribution in [0.1, 0.15) is 16.1 Å². The van der Waals surface area contributed by atoms with E-state index in [-0.39, 0.29) is 5.91 Å². The molecule has 0 unspecified atom stereocenters. The SMILES string of the molecule is O=C(Nc1ccc(NCc2ccco2)nc1)c1ccc(Cl)c(Cl)c1. The quantitative estimate of drug-likeness (QED) is 0.681. The third-order valence-electron chi connectivity index (χ3n) is 3.23. The lowest BCUT2D eigenvalue weighted by molar-refractivity contribution is 0.102. The van der Waals surface area contributed by atoms with Gasteiger partial charge in [0.25, 0.3) is 5.91 Å². The molecular weight excluding hydrogens is 349 g/mol. The zero-order valence-corrected chi connectivity index (χ0v) is 13.9. The van der Waals surface area contributed by atoms with Crippen LogP contribution >= 0.6 is 23.2 Å². The molecule has 3 aromatic rings. The van der Waals surface area contributed by atoms with Crippen molar-refractivity contribution in [1.82, 2.24) is 4.98 Å². The van der Waals surface area contributed by atoms with Crippen molar-refractivity contribution in [2.45, 2.75) is 6.54 Å². The van der Waals surface area contributed by atoms with E-state index in [2.05, 4.69) is 15.6 Å². The van der Waals surface area contributed by atoms with E-state index in [1.54, 1.807) is 36.7 Å². The van der Waals surface area contributed by atoms with E-state index in [0.717, 1.165) is 5.76 Å². The van der Waals surface area contributed by atoms with Crippen LogP contribution in [0.25, 0.3) is 0 Å². The molecule has 0 saturated carbocycles. The molecule has 122 valence electrons. The lowest BCUT2D eigenvalue weighted by atomic mass is 10.2. The average molecular weight is 362 g/mol. The predicted molar refractivity (Wildman–Crippen MR) is 94.7 cm³/mol. The fraction of sp³-hybridized carbons (Fsp3) is 0.0588. The summed E-state index contributed by atoms with van der Waals surface area (Å²) in [4.78, 5) is 16.4. The Kier molecular flexibility index (Phi) is 5.03. The van der Waals surface area contributed by atoms with Gasteiger partial charge in [-0.1, -0.05) is 23.2 Å². The maximum Gasteiger partial charge on any atom is 0.255 e. The number of carbonyl (C=O) groups is 1. The van der Waals surface area contributed by atoms with Crippen LogP contribution in [0.4, 0.5) is 11.5 Å². The van der Waals surface area contributed by atoms with Gasteiger partial charge in [0.05, 0.1) is 34.7 Å². The van der Waals surface area contributed by atoms with E-state index in [0.29, 0.717) is 33.7 Å². The summed E-state index contributed by atoms with van der Waals surface area (Å²) in [5.41, 5.74) is 0.999. The summed E-state index contributed by atoms with van der Waals surface area (Å²) in [5.74, 6) is 1.21. The topological polar surface area (TPSA) is 67.2 Å². The Morgan fingerprint density at radius 1 is 1.12 bits per heavy atom. The summed E-state index contributed by atoms with van der Waals surface area (Å²) >= 11 is 11.8. The number of hydrogen-bond donors (Lipinski definition) is 2. The second-order valence-corrected chi connectivity index (χ2v) is 5.76. The van der Waals surface area contributed by atoms with Gasteiger partial charge in [0, 0.05) is 5.56 Å². The number of pyridine rings is 1. The highest BCUT2D eigenvalue weighted by Gasteiger charge is 2.09. The van der Waals surface area contributed by atoms with E-state index in [1.165, 1.54) is 6.07 Å². The molecule has 2 N–H and O–H groups in total. The minimum absolute atomic E-state index is 0.285. The summed E-state index contributed by atoms with van der Waals surface area (Å²) in [6.07, 6.45) is 3.19. The van der Waals surface area contributed by atoms with Crippen molar-refractivity contribution in [3.8, 4) is 0 Å². The van der Waals surface area contributed by atoms with Gasteiger partial charge in [0.2, 0.25) is 0 Å². The fourth-order valence-corrected chi connectivity index (χ4v) is 2.30. The molecule has 2 heterocycles. The molecule has 1 amide bonds. The third kappa shape index (κ3) is 4.07. The van der Waals surface area contributed by atoms with E-state index in [1.807, 2.05) is 12.1 Å². The first-order valence-corrected chi connectivity index (χ1v) is 7.86. The molecule has 0 atom stereocenters. The molecule has 0 bridgehead atoms. The van der Waals surface area contributed by atoms with Crippen molar-refractivity contribution >= 4 is 40.6 Å². The van der Waals surface area contributed by atoms with E-state index < -0.39 is 0 Å². The van der Waals surface area contributed by atoms with Gasteiger partial charge in [-0.3, -0.25) is 4.79 Å². The Morgan fingerprint density at radius 3 is 2.67 bits per heavy atom. The van der Waals surface area contributed by atoms with Crippen LogP contribution in [0.5, 0.6) is 0 Å². The Bertz CT molecular complexity index is 834. The first-order valence-electron chi connectivity index (χ1n) is 7.10. The van der Waals surface area contributed by atoms with Gasteiger partial charge in [-0.15, -0.1) is 0 Å². The van der Waals surface area contributed by atoms with Crippen molar-refractivity contribution in [2.24, 2.45) is 0 Å². The minimum atomic E-state index is -0.285. The fourth-order valence-electron chi connectivity index (χ4n) is 2.00. The van der Waals surface area contributed by atoms with Gasteiger partial charge in [-0.25, -0.2) is 4.98 Å². The van der Waals surface area contributed by atoms with Crippen LogP contribution in [0.2, 0.25) is 10.0 Å². The van der Waals surface area contributed by atoms with Gasteiger partial charge in [0.1, 0.15) is 11.6 Å². The standard InChI is InChI=1S/C17H13Cl2N3O2/c18-14-5-3-11(8-15(14)19)17(23)22-12-4-6-16(20-9-12)21-10-13-2-1-7-24-13/h1-9H,10H2,(H,20,21)(H,22,23). The molecule has 0 radical (unpaired) electrons. The molecular formula is C17H13Cl2N3O2. The van der Waals surface area contributed by atoms with Gasteiger partial charge < -0.3 is 15.1 Å². The molecule has 7 heteroatoms. The third-order valence-corrected chi connectivity index (χ3v) is 3.97. The van der Waals surface area contributed by atoms with Crippen LogP contribution in [0.15, 0.2) is 59.3 Å². The Labute approximate surface area is 148 Å². The second kappa shape index (κ2) is 7.38. The first kappa shape index (κ1) is 16.4. The molecule has 0 aliphatic carbocycles. The molecule has 0 aliphatic heterocycles. The Morgan fingerprint density at radius 2 is 2.00 bits per heavy atom. The van der Waals surface area contributed by atoms with Crippen LogP contribution in [-0.4, -0.2) is 10.9 Å². The van der Waals surface area contributed by atoms with Crippen molar-refractivity contribution in [3.05, 3.63) is 76.3 Å². The van der Waals surface area contributed by atoms with E-state index >= 15 is 0 Å². The molecule has 0 fully saturated rings. The van der Waals surface area contributed by atoms with Gasteiger partial charge >= 0.3 is 0 Å². The second-order valence-electron chi connectivity index (χ2n) is 4.95.